The van der Waals surface area contributed by atoms with Gasteiger partial charge in [-0.15, -0.1) is 0 Å². The molecule has 0 amide bonds. The van der Waals surface area contributed by atoms with Crippen LogP contribution in [0.2, 0.25) is 0 Å². The van der Waals surface area contributed by atoms with Gasteiger partial charge in [0, 0.05) is 53.0 Å². The number of halogens is 1. The number of nitrogens with zero attached hydrogens (tertiary/aromatic N) is 4. The summed E-state index contributed by atoms with van der Waals surface area (Å²) in [5.41, 5.74) is 1.21. The first-order chi connectivity index (χ1) is 16.4. The molecule has 1 fully saturated rings. The van der Waals surface area contributed by atoms with Crippen LogP contribution < -0.4 is 9.47 Å². The van der Waals surface area contributed by atoms with Crippen molar-refractivity contribution in [3.63, 3.8) is 0 Å². The molecule has 1 aliphatic heterocycles. The molecule has 8 nitrogen and oxygen atoms in total. The molecule has 1 aromatic carbocycles. The predicted molar refractivity (Wildman–Crippen MR) is 124 cm³/mol. The van der Waals surface area contributed by atoms with Gasteiger partial charge in [0.05, 0.1) is 12.1 Å². The van der Waals surface area contributed by atoms with Crippen molar-refractivity contribution in [2.24, 2.45) is 0 Å². The third-order valence-corrected chi connectivity index (χ3v) is 6.53. The molecular formula is C24H25FN4O4S. The highest BCUT2D eigenvalue weighted by Gasteiger charge is 2.24. The van der Waals surface area contributed by atoms with Crippen LogP contribution in [0.1, 0.15) is 28.8 Å². The first-order valence-electron chi connectivity index (χ1n) is 10.9. The van der Waals surface area contributed by atoms with E-state index in [0.717, 1.165) is 25.9 Å². The van der Waals surface area contributed by atoms with E-state index in [9.17, 15) is 13.4 Å². The summed E-state index contributed by atoms with van der Waals surface area (Å²) >= 11 is 0. The van der Waals surface area contributed by atoms with Gasteiger partial charge >= 0.3 is 0 Å². The van der Waals surface area contributed by atoms with E-state index in [-0.39, 0.29) is 23.5 Å². The van der Waals surface area contributed by atoms with Crippen molar-refractivity contribution >= 4 is 16.6 Å². The number of hydrogen-bond acceptors (Lipinski definition) is 8. The molecule has 1 unspecified atom stereocenters. The minimum atomic E-state index is -1.29. The lowest BCUT2D eigenvalue weighted by atomic mass is 10.1. The molecule has 4 rings (SSSR count). The van der Waals surface area contributed by atoms with Crippen molar-refractivity contribution in [2.75, 3.05) is 25.9 Å². The Morgan fingerprint density at radius 2 is 1.85 bits per heavy atom. The minimum absolute atomic E-state index is 0.0193. The number of hydrogen-bond donors (Lipinski definition) is 0. The molecule has 34 heavy (non-hydrogen) atoms. The highest BCUT2D eigenvalue weighted by Crippen LogP contribution is 2.31. The van der Waals surface area contributed by atoms with Gasteiger partial charge in [0.2, 0.25) is 11.8 Å². The van der Waals surface area contributed by atoms with Crippen molar-refractivity contribution in [1.82, 2.24) is 19.9 Å². The van der Waals surface area contributed by atoms with Gasteiger partial charge in [-0.1, -0.05) is 0 Å². The molecule has 2 aromatic heterocycles. The van der Waals surface area contributed by atoms with Crippen LogP contribution in [0.15, 0.2) is 53.9 Å². The van der Waals surface area contributed by atoms with Crippen LogP contribution in [0.5, 0.6) is 17.5 Å². The number of carbonyl (C=O) groups excluding carboxylic acids is 1. The Morgan fingerprint density at radius 3 is 2.53 bits per heavy atom. The number of ether oxygens (including phenoxy) is 2. The Kier molecular flexibility index (Phi) is 7.59. The molecule has 10 heteroatoms. The van der Waals surface area contributed by atoms with Crippen LogP contribution in [0.25, 0.3) is 0 Å². The predicted octanol–water partition coefficient (Wildman–Crippen LogP) is 3.57. The van der Waals surface area contributed by atoms with Gasteiger partial charge in [0.15, 0.2) is 17.3 Å². The van der Waals surface area contributed by atoms with Crippen molar-refractivity contribution < 1.29 is 22.9 Å². The summed E-state index contributed by atoms with van der Waals surface area (Å²) in [6.45, 7) is 3.56. The van der Waals surface area contributed by atoms with E-state index < -0.39 is 16.6 Å². The molecule has 0 radical (unpaired) electrons. The maximum absolute atomic E-state index is 14.4. The largest absolute Gasteiger partial charge is 0.474 e. The fourth-order valence-electron chi connectivity index (χ4n) is 3.66. The summed E-state index contributed by atoms with van der Waals surface area (Å²) in [4.78, 5) is 27.2. The molecule has 0 spiro atoms. The zero-order valence-electron chi connectivity index (χ0n) is 18.9. The standard InChI is InChI=1S/C24H25FN4O4S/c1-16-23(27-15-28-24(16)33-22-4-3-19(34(2)31)13-20(22)25)32-18-7-11-29(12-8-18)14-21(30)17-5-9-26-10-6-17/h3-6,9-10,13,15,18H,7-8,11-12,14H2,1-2H3. The molecule has 3 heterocycles. The number of pyridine rings is 1. The lowest BCUT2D eigenvalue weighted by Crippen LogP contribution is -2.41. The van der Waals surface area contributed by atoms with Crippen LogP contribution >= 0.6 is 0 Å². The highest BCUT2D eigenvalue weighted by atomic mass is 32.2. The number of Topliss-reactive ketones (excluding diaryl/α,β-unsaturated/α-hetero) is 1. The fourth-order valence-corrected chi connectivity index (χ4v) is 4.19. The van der Waals surface area contributed by atoms with Gasteiger partial charge in [0.25, 0.3) is 0 Å². The normalized spacial score (nSPS) is 15.6. The molecule has 1 aliphatic rings. The van der Waals surface area contributed by atoms with Gasteiger partial charge in [0.1, 0.15) is 12.4 Å². The van der Waals surface area contributed by atoms with E-state index in [1.54, 1.807) is 37.5 Å². The first-order valence-corrected chi connectivity index (χ1v) is 12.4. The number of aromatic nitrogens is 3. The zero-order valence-corrected chi connectivity index (χ0v) is 19.8. The van der Waals surface area contributed by atoms with Crippen LogP contribution in [0, 0.1) is 12.7 Å². The number of likely N-dealkylation sites (tertiary alicyclic amines) is 1. The minimum Gasteiger partial charge on any atom is -0.474 e. The molecule has 178 valence electrons. The molecule has 3 aromatic rings. The van der Waals surface area contributed by atoms with Crippen molar-refractivity contribution in [1.29, 1.82) is 0 Å². The van der Waals surface area contributed by atoms with E-state index in [1.807, 2.05) is 0 Å². The van der Waals surface area contributed by atoms with Crippen molar-refractivity contribution in [3.05, 3.63) is 66.0 Å². The Hall–Kier alpha value is -3.24. The van der Waals surface area contributed by atoms with E-state index in [0.29, 0.717) is 28.4 Å². The maximum Gasteiger partial charge on any atom is 0.229 e. The molecule has 0 aliphatic carbocycles. The SMILES string of the molecule is Cc1c(Oc2ccc(S(C)=O)cc2F)ncnc1OC1CCN(CC(=O)c2ccncc2)CC1. The second kappa shape index (κ2) is 10.8. The Labute approximate surface area is 199 Å². The Morgan fingerprint density at radius 1 is 1.15 bits per heavy atom. The number of ketones is 1. The lowest BCUT2D eigenvalue weighted by molar-refractivity contribution is 0.0774. The van der Waals surface area contributed by atoms with E-state index in [2.05, 4.69) is 19.9 Å². The molecule has 0 N–H and O–H groups in total. The van der Waals surface area contributed by atoms with Gasteiger partial charge in [-0.2, -0.15) is 0 Å². The van der Waals surface area contributed by atoms with E-state index >= 15 is 0 Å². The van der Waals surface area contributed by atoms with Gasteiger partial charge < -0.3 is 9.47 Å². The summed E-state index contributed by atoms with van der Waals surface area (Å²) in [5.74, 6) is -0.00529. The second-order valence-corrected chi connectivity index (χ2v) is 9.39. The van der Waals surface area contributed by atoms with Crippen LogP contribution in [0.3, 0.4) is 0 Å². The molecule has 1 saturated heterocycles. The van der Waals surface area contributed by atoms with Gasteiger partial charge in [-0.3, -0.25) is 18.9 Å². The third kappa shape index (κ3) is 5.81. The summed E-state index contributed by atoms with van der Waals surface area (Å²) < 4.78 is 37.7. The smallest absolute Gasteiger partial charge is 0.229 e. The molecule has 0 saturated carbocycles. The topological polar surface area (TPSA) is 94.5 Å². The summed E-state index contributed by atoms with van der Waals surface area (Å²) in [7, 11) is -1.29. The van der Waals surface area contributed by atoms with E-state index in [4.69, 9.17) is 9.47 Å². The monoisotopic (exact) mass is 484 g/mol. The summed E-state index contributed by atoms with van der Waals surface area (Å²) in [5, 5.41) is 0. The highest BCUT2D eigenvalue weighted by molar-refractivity contribution is 7.84. The summed E-state index contributed by atoms with van der Waals surface area (Å²) in [6, 6.07) is 7.61. The van der Waals surface area contributed by atoms with Gasteiger partial charge in [-0.25, -0.2) is 14.4 Å². The Balaban J connectivity index is 1.35. The molecule has 1 atom stereocenters. The fraction of sp³-hybridized carbons (Fsp3) is 0.333. The number of rotatable bonds is 8. The third-order valence-electron chi connectivity index (χ3n) is 5.62. The Bertz CT molecular complexity index is 1190. The molecular weight excluding hydrogens is 459 g/mol. The zero-order chi connectivity index (χ0) is 24.1. The molecule has 0 bridgehead atoms. The average molecular weight is 485 g/mol. The lowest BCUT2D eigenvalue weighted by Gasteiger charge is -2.31. The first kappa shape index (κ1) is 23.9. The average Bonchev–Trinajstić information content (AvgIpc) is 2.84. The van der Waals surface area contributed by atoms with Crippen molar-refractivity contribution in [2.45, 2.75) is 30.8 Å². The number of piperidine rings is 1. The van der Waals surface area contributed by atoms with Crippen LogP contribution in [-0.2, 0) is 10.8 Å². The second-order valence-electron chi connectivity index (χ2n) is 8.01. The maximum atomic E-state index is 14.4. The van der Waals surface area contributed by atoms with Crippen LogP contribution in [-0.4, -0.2) is 61.8 Å². The number of carbonyl (C=O) groups is 1. The summed E-state index contributed by atoms with van der Waals surface area (Å²) in [6.07, 6.45) is 7.45. The van der Waals surface area contributed by atoms with E-state index in [1.165, 1.54) is 24.7 Å². The van der Waals surface area contributed by atoms with Crippen molar-refractivity contribution in [3.8, 4) is 17.5 Å². The number of benzene rings is 1. The van der Waals surface area contributed by atoms with Gasteiger partial charge in [-0.05, 0) is 50.1 Å². The van der Waals surface area contributed by atoms with Crippen LogP contribution in [0.4, 0.5) is 4.39 Å². The quantitative estimate of drug-likeness (QED) is 0.448.